The lowest BCUT2D eigenvalue weighted by Gasteiger charge is -2.35. The van der Waals surface area contributed by atoms with Gasteiger partial charge in [0.1, 0.15) is 0 Å². The average Bonchev–Trinajstić information content (AvgIpc) is 2.82. The first-order chi connectivity index (χ1) is 15.2. The summed E-state index contributed by atoms with van der Waals surface area (Å²) in [7, 11) is 1.67. The van der Waals surface area contributed by atoms with Crippen LogP contribution in [0, 0.1) is 0 Å². The summed E-state index contributed by atoms with van der Waals surface area (Å²) in [6.45, 7) is 9.66. The van der Waals surface area contributed by atoms with E-state index in [0.29, 0.717) is 19.3 Å². The van der Waals surface area contributed by atoms with Gasteiger partial charge < -0.3 is 29.2 Å². The minimum absolute atomic E-state index is 0. The monoisotopic (exact) mass is 561 g/mol. The van der Waals surface area contributed by atoms with Gasteiger partial charge in [0.25, 0.3) is 0 Å². The zero-order chi connectivity index (χ0) is 21.9. The lowest BCUT2D eigenvalue weighted by molar-refractivity contribution is -0.0721. The van der Waals surface area contributed by atoms with E-state index >= 15 is 0 Å². The Bertz CT molecular complexity index is 690. The van der Waals surface area contributed by atoms with Crippen molar-refractivity contribution in [2.24, 2.45) is 4.99 Å². The minimum atomic E-state index is 0. The van der Waals surface area contributed by atoms with Gasteiger partial charge in [-0.3, -0.25) is 0 Å². The van der Waals surface area contributed by atoms with E-state index in [2.05, 4.69) is 17.1 Å². The van der Waals surface area contributed by atoms with E-state index in [1.165, 1.54) is 12.8 Å². The minimum Gasteiger partial charge on any atom is -0.493 e. The van der Waals surface area contributed by atoms with Crippen LogP contribution in [0.1, 0.15) is 51.5 Å². The summed E-state index contributed by atoms with van der Waals surface area (Å²) in [6.07, 6.45) is 6.23. The number of rotatable bonds is 9. The molecule has 2 heterocycles. The van der Waals surface area contributed by atoms with Gasteiger partial charge in [0.2, 0.25) is 0 Å². The van der Waals surface area contributed by atoms with Crippen molar-refractivity contribution < 1.29 is 18.9 Å². The molecule has 0 amide bonds. The fourth-order valence-corrected chi connectivity index (χ4v) is 4.09. The molecule has 2 saturated heterocycles. The van der Waals surface area contributed by atoms with Crippen LogP contribution in [0.2, 0.25) is 0 Å². The number of ether oxygens (including phenoxy) is 4. The molecular weight excluding hydrogens is 521 g/mol. The maximum Gasteiger partial charge on any atom is 0.194 e. The van der Waals surface area contributed by atoms with Crippen LogP contribution in [-0.4, -0.2) is 69.6 Å². The van der Waals surface area contributed by atoms with Crippen LogP contribution in [0.5, 0.6) is 11.5 Å². The predicted molar refractivity (Wildman–Crippen MR) is 139 cm³/mol. The summed E-state index contributed by atoms with van der Waals surface area (Å²) in [5.74, 6) is 2.48. The van der Waals surface area contributed by atoms with E-state index in [0.717, 1.165) is 75.1 Å². The lowest BCUT2D eigenvalue weighted by atomic mass is 10.1. The third-order valence-corrected chi connectivity index (χ3v) is 5.81. The van der Waals surface area contributed by atoms with Crippen molar-refractivity contribution in [2.75, 3.05) is 46.6 Å². The van der Waals surface area contributed by atoms with Gasteiger partial charge in [0, 0.05) is 26.2 Å². The van der Waals surface area contributed by atoms with Crippen molar-refractivity contribution in [3.63, 3.8) is 0 Å². The molecule has 3 rings (SSSR count). The second-order valence-electron chi connectivity index (χ2n) is 8.10. The van der Waals surface area contributed by atoms with Crippen molar-refractivity contribution in [2.45, 2.75) is 64.7 Å². The second kappa shape index (κ2) is 14.8. The van der Waals surface area contributed by atoms with Crippen LogP contribution >= 0.6 is 24.0 Å². The summed E-state index contributed by atoms with van der Waals surface area (Å²) in [5, 5.41) is 3.44. The number of nitrogens with zero attached hydrogens (tertiary/aromatic N) is 2. The van der Waals surface area contributed by atoms with Crippen molar-refractivity contribution in [1.29, 1.82) is 0 Å². The molecule has 7 nitrogen and oxygen atoms in total. The van der Waals surface area contributed by atoms with E-state index in [-0.39, 0.29) is 30.1 Å². The summed E-state index contributed by atoms with van der Waals surface area (Å²) in [4.78, 5) is 7.22. The van der Waals surface area contributed by atoms with Gasteiger partial charge in [-0.2, -0.15) is 0 Å². The molecule has 1 unspecified atom stereocenters. The van der Waals surface area contributed by atoms with Crippen LogP contribution in [0.3, 0.4) is 0 Å². The van der Waals surface area contributed by atoms with Gasteiger partial charge in [0.05, 0.1) is 39.1 Å². The summed E-state index contributed by atoms with van der Waals surface area (Å²) >= 11 is 0. The van der Waals surface area contributed by atoms with E-state index in [4.69, 9.17) is 23.9 Å². The lowest BCUT2D eigenvalue weighted by Crippen LogP contribution is -2.47. The SMILES string of the molecule is CCNC(=NCc1ccc(OCC)c(OC)c1)N1CCC(OCC2CCCCO2)CC1.I. The Morgan fingerprint density at radius 2 is 1.97 bits per heavy atom. The molecule has 1 atom stereocenters. The molecule has 2 fully saturated rings. The van der Waals surface area contributed by atoms with E-state index in [1.807, 2.05) is 25.1 Å². The molecule has 8 heteroatoms. The molecule has 182 valence electrons. The number of benzene rings is 1. The van der Waals surface area contributed by atoms with Crippen LogP contribution in [0.25, 0.3) is 0 Å². The Labute approximate surface area is 210 Å². The molecule has 1 N–H and O–H groups in total. The number of hydrogen-bond acceptors (Lipinski definition) is 5. The molecule has 0 radical (unpaired) electrons. The van der Waals surface area contributed by atoms with Gasteiger partial charge >= 0.3 is 0 Å². The Balaban J connectivity index is 0.00000363. The second-order valence-corrected chi connectivity index (χ2v) is 8.10. The maximum absolute atomic E-state index is 6.16. The predicted octanol–water partition coefficient (Wildman–Crippen LogP) is 4.23. The van der Waals surface area contributed by atoms with Gasteiger partial charge in [-0.05, 0) is 63.6 Å². The molecule has 1 aromatic rings. The molecule has 0 aromatic heterocycles. The molecule has 32 heavy (non-hydrogen) atoms. The number of hydrogen-bond donors (Lipinski definition) is 1. The number of halogens is 1. The standard InChI is InChI=1S/C24H39N3O4.HI/c1-4-25-24(26-17-19-9-10-22(29-5-2)23(16-19)28-3)27-13-11-20(12-14-27)31-18-21-8-6-7-15-30-21;/h9-10,16,20-21H,4-8,11-15,17-18H2,1-3H3,(H,25,26);1H. The van der Waals surface area contributed by atoms with Crippen molar-refractivity contribution in [3.05, 3.63) is 23.8 Å². The molecule has 0 bridgehead atoms. The fraction of sp³-hybridized carbons (Fsp3) is 0.708. The zero-order valence-corrected chi connectivity index (χ0v) is 22.1. The summed E-state index contributed by atoms with van der Waals surface area (Å²) in [5.41, 5.74) is 1.10. The number of piperidine rings is 1. The highest BCUT2D eigenvalue weighted by Gasteiger charge is 2.23. The molecule has 2 aliphatic rings. The average molecular weight is 562 g/mol. The highest BCUT2D eigenvalue weighted by molar-refractivity contribution is 14.0. The van der Waals surface area contributed by atoms with Gasteiger partial charge in [-0.15, -0.1) is 24.0 Å². The molecule has 0 aliphatic carbocycles. The smallest absolute Gasteiger partial charge is 0.194 e. The number of aliphatic imine (C=N–C) groups is 1. The zero-order valence-electron chi connectivity index (χ0n) is 19.8. The third-order valence-electron chi connectivity index (χ3n) is 5.81. The molecule has 1 aromatic carbocycles. The van der Waals surface area contributed by atoms with Crippen LogP contribution in [-0.2, 0) is 16.0 Å². The van der Waals surface area contributed by atoms with Gasteiger partial charge in [0.15, 0.2) is 17.5 Å². The number of likely N-dealkylation sites (tertiary alicyclic amines) is 1. The van der Waals surface area contributed by atoms with E-state index < -0.39 is 0 Å². The first-order valence-electron chi connectivity index (χ1n) is 11.8. The topological polar surface area (TPSA) is 64.6 Å². The Kier molecular flexibility index (Phi) is 12.5. The first-order valence-corrected chi connectivity index (χ1v) is 11.8. The summed E-state index contributed by atoms with van der Waals surface area (Å²) in [6, 6.07) is 6.01. The third kappa shape index (κ3) is 8.26. The number of methoxy groups -OCH3 is 1. The van der Waals surface area contributed by atoms with Gasteiger partial charge in [-0.25, -0.2) is 4.99 Å². The van der Waals surface area contributed by atoms with Crippen molar-refractivity contribution in [3.8, 4) is 11.5 Å². The van der Waals surface area contributed by atoms with Crippen LogP contribution in [0.15, 0.2) is 23.2 Å². The number of guanidine groups is 1. The highest BCUT2D eigenvalue weighted by Crippen LogP contribution is 2.28. The Morgan fingerprint density at radius 3 is 2.62 bits per heavy atom. The fourth-order valence-electron chi connectivity index (χ4n) is 4.09. The largest absolute Gasteiger partial charge is 0.493 e. The Hall–Kier alpha value is -1.26. The van der Waals surface area contributed by atoms with E-state index in [1.54, 1.807) is 7.11 Å². The maximum atomic E-state index is 6.16. The molecule has 2 aliphatic heterocycles. The highest BCUT2D eigenvalue weighted by atomic mass is 127. The molecule has 0 saturated carbocycles. The molecular formula is C24H40IN3O4. The van der Waals surface area contributed by atoms with E-state index in [9.17, 15) is 0 Å². The van der Waals surface area contributed by atoms with Crippen molar-refractivity contribution in [1.82, 2.24) is 10.2 Å². The quantitative estimate of drug-likeness (QED) is 0.277. The number of nitrogens with one attached hydrogen (secondary N) is 1. The summed E-state index contributed by atoms with van der Waals surface area (Å²) < 4.78 is 23.0. The normalized spacial score (nSPS) is 19.9. The van der Waals surface area contributed by atoms with Crippen LogP contribution in [0.4, 0.5) is 0 Å². The Morgan fingerprint density at radius 1 is 1.16 bits per heavy atom. The first kappa shape index (κ1) is 27.0. The van der Waals surface area contributed by atoms with Crippen molar-refractivity contribution >= 4 is 29.9 Å². The van der Waals surface area contributed by atoms with Gasteiger partial charge in [-0.1, -0.05) is 6.07 Å². The molecule has 0 spiro atoms. The van der Waals surface area contributed by atoms with Crippen LogP contribution < -0.4 is 14.8 Å².